The summed E-state index contributed by atoms with van der Waals surface area (Å²) in [5.41, 5.74) is 1.68. The highest BCUT2D eigenvalue weighted by Crippen LogP contribution is 2.21. The Labute approximate surface area is 133 Å². The molecule has 0 spiro atoms. The number of hydrogen-bond donors (Lipinski definition) is 2. The molecular weight excluding hydrogens is 306 g/mol. The number of nitrogens with one attached hydrogen (secondary N) is 1. The molecule has 6 nitrogen and oxygen atoms in total. The molecule has 0 atom stereocenters. The van der Waals surface area contributed by atoms with Gasteiger partial charge in [-0.1, -0.05) is 11.6 Å². The molecule has 22 heavy (non-hydrogen) atoms. The maximum Gasteiger partial charge on any atom is 0.263 e. The molecule has 0 aliphatic rings. The highest BCUT2D eigenvalue weighted by molar-refractivity contribution is 6.30. The van der Waals surface area contributed by atoms with E-state index in [1.54, 1.807) is 36.0 Å². The molecule has 0 fully saturated rings. The van der Waals surface area contributed by atoms with Gasteiger partial charge in [-0.2, -0.15) is 5.10 Å². The van der Waals surface area contributed by atoms with Crippen LogP contribution in [0.25, 0.3) is 0 Å². The largest absolute Gasteiger partial charge is 0.484 e. The fourth-order valence-corrected chi connectivity index (χ4v) is 2.28. The van der Waals surface area contributed by atoms with E-state index in [0.29, 0.717) is 23.0 Å². The van der Waals surface area contributed by atoms with Crippen molar-refractivity contribution in [1.29, 1.82) is 0 Å². The monoisotopic (exact) mass is 323 g/mol. The Morgan fingerprint density at radius 3 is 2.82 bits per heavy atom. The van der Waals surface area contributed by atoms with Crippen LogP contribution in [0.1, 0.15) is 11.3 Å². The zero-order valence-corrected chi connectivity index (χ0v) is 13.2. The minimum atomic E-state index is -0.285. The first-order valence-electron chi connectivity index (χ1n) is 6.81. The number of aryl methyl sites for hydroxylation is 2. The number of benzene rings is 1. The van der Waals surface area contributed by atoms with Gasteiger partial charge in [-0.3, -0.25) is 9.48 Å². The molecule has 7 heteroatoms. The minimum Gasteiger partial charge on any atom is -0.484 e. The van der Waals surface area contributed by atoms with E-state index in [4.69, 9.17) is 21.4 Å². The van der Waals surface area contributed by atoms with Crippen LogP contribution in [0.5, 0.6) is 5.75 Å². The third-order valence-corrected chi connectivity index (χ3v) is 3.19. The van der Waals surface area contributed by atoms with Crippen LogP contribution < -0.4 is 10.1 Å². The number of rotatable bonds is 6. The van der Waals surface area contributed by atoms with E-state index in [2.05, 4.69) is 10.4 Å². The lowest BCUT2D eigenvalue weighted by atomic mass is 10.1. The van der Waals surface area contributed by atoms with Crippen LogP contribution in [0, 0.1) is 6.92 Å². The summed E-state index contributed by atoms with van der Waals surface area (Å²) in [5.74, 6) is 0.817. The number of carbonyl (C=O) groups is 1. The summed E-state index contributed by atoms with van der Waals surface area (Å²) in [4.78, 5) is 11.9. The number of nitrogens with zero attached hydrogens (tertiary/aromatic N) is 2. The van der Waals surface area contributed by atoms with Gasteiger partial charge in [0.05, 0.1) is 5.69 Å². The van der Waals surface area contributed by atoms with Crippen LogP contribution in [0.3, 0.4) is 0 Å². The van der Waals surface area contributed by atoms with E-state index >= 15 is 0 Å². The second-order valence-corrected chi connectivity index (χ2v) is 5.34. The van der Waals surface area contributed by atoms with Crippen LogP contribution in [-0.4, -0.2) is 34.0 Å². The van der Waals surface area contributed by atoms with Crippen molar-refractivity contribution in [2.24, 2.45) is 7.05 Å². The van der Waals surface area contributed by atoms with Crippen molar-refractivity contribution in [2.75, 3.05) is 18.5 Å². The average molecular weight is 324 g/mol. The molecule has 2 rings (SSSR count). The van der Waals surface area contributed by atoms with E-state index in [0.717, 1.165) is 11.3 Å². The molecule has 0 radical (unpaired) electrons. The van der Waals surface area contributed by atoms with Gasteiger partial charge >= 0.3 is 0 Å². The number of ether oxygens (including phenoxy) is 1. The Kier molecular flexibility index (Phi) is 5.41. The predicted molar refractivity (Wildman–Crippen MR) is 84.3 cm³/mol. The standard InChI is InChI=1S/C15H18ClN3O3/c1-10-5-14(19(2)18-10)17-15(21)9-22-13-7-11(3-4-20)6-12(16)8-13/h5-8,20H,3-4,9H2,1-2H3,(H,17,21). The van der Waals surface area contributed by atoms with Gasteiger partial charge in [-0.05, 0) is 37.1 Å². The molecular formula is C15H18ClN3O3. The molecule has 0 unspecified atom stereocenters. The van der Waals surface area contributed by atoms with E-state index < -0.39 is 0 Å². The summed E-state index contributed by atoms with van der Waals surface area (Å²) in [7, 11) is 1.75. The molecule has 2 N–H and O–H groups in total. The van der Waals surface area contributed by atoms with Crippen LogP contribution in [0.15, 0.2) is 24.3 Å². The summed E-state index contributed by atoms with van der Waals surface area (Å²) < 4.78 is 7.04. The summed E-state index contributed by atoms with van der Waals surface area (Å²) in [5, 5.41) is 16.3. The second-order valence-electron chi connectivity index (χ2n) is 4.90. The fourth-order valence-electron chi connectivity index (χ4n) is 2.03. The Morgan fingerprint density at radius 1 is 1.41 bits per heavy atom. The number of aliphatic hydroxyl groups is 1. The van der Waals surface area contributed by atoms with Gasteiger partial charge in [0.15, 0.2) is 6.61 Å². The molecule has 0 aliphatic heterocycles. The van der Waals surface area contributed by atoms with Gasteiger partial charge in [0.25, 0.3) is 5.91 Å². The summed E-state index contributed by atoms with van der Waals surface area (Å²) in [6.45, 7) is 1.74. The first-order valence-corrected chi connectivity index (χ1v) is 7.19. The van der Waals surface area contributed by atoms with E-state index in [1.165, 1.54) is 0 Å². The number of amides is 1. The Hall–Kier alpha value is -2.05. The van der Waals surface area contributed by atoms with Gasteiger partial charge in [0.1, 0.15) is 11.6 Å². The van der Waals surface area contributed by atoms with Crippen molar-refractivity contribution in [3.63, 3.8) is 0 Å². The number of halogens is 1. The maximum atomic E-state index is 11.9. The number of carbonyl (C=O) groups excluding carboxylic acids is 1. The Balaban J connectivity index is 1.94. The Morgan fingerprint density at radius 2 is 2.18 bits per heavy atom. The number of aromatic nitrogens is 2. The topological polar surface area (TPSA) is 76.4 Å². The highest BCUT2D eigenvalue weighted by Gasteiger charge is 2.08. The average Bonchev–Trinajstić information content (AvgIpc) is 2.74. The molecule has 2 aromatic rings. The molecule has 118 valence electrons. The first kappa shape index (κ1) is 16.3. The molecule has 0 aliphatic carbocycles. The number of aliphatic hydroxyl groups excluding tert-OH is 1. The van der Waals surface area contributed by atoms with E-state index in [9.17, 15) is 4.79 Å². The molecule has 1 aromatic heterocycles. The fraction of sp³-hybridized carbons (Fsp3) is 0.333. The smallest absolute Gasteiger partial charge is 0.263 e. The van der Waals surface area contributed by atoms with Crippen LogP contribution in [0.4, 0.5) is 5.82 Å². The molecule has 1 heterocycles. The maximum absolute atomic E-state index is 11.9. The normalized spacial score (nSPS) is 10.5. The van der Waals surface area contributed by atoms with Crippen molar-refractivity contribution >= 4 is 23.3 Å². The summed E-state index contributed by atoms with van der Waals surface area (Å²) in [6, 6.07) is 6.91. The molecule has 1 aromatic carbocycles. The second kappa shape index (κ2) is 7.29. The minimum absolute atomic E-state index is 0.0279. The van der Waals surface area contributed by atoms with Gasteiger partial charge in [0, 0.05) is 24.7 Å². The highest BCUT2D eigenvalue weighted by atomic mass is 35.5. The van der Waals surface area contributed by atoms with Crippen molar-refractivity contribution < 1.29 is 14.6 Å². The lowest BCUT2D eigenvalue weighted by Crippen LogP contribution is -2.21. The predicted octanol–water partition coefficient (Wildman–Crippen LogP) is 1.93. The first-order chi connectivity index (χ1) is 10.5. The van der Waals surface area contributed by atoms with Crippen LogP contribution >= 0.6 is 11.6 Å². The molecule has 0 saturated heterocycles. The SMILES string of the molecule is Cc1cc(NC(=O)COc2cc(Cl)cc(CCO)c2)n(C)n1. The molecule has 0 saturated carbocycles. The lowest BCUT2D eigenvalue weighted by Gasteiger charge is -2.09. The van der Waals surface area contributed by atoms with Gasteiger partial charge in [-0.25, -0.2) is 0 Å². The summed E-state index contributed by atoms with van der Waals surface area (Å²) >= 11 is 5.98. The van der Waals surface area contributed by atoms with E-state index in [-0.39, 0.29) is 19.1 Å². The number of hydrogen-bond acceptors (Lipinski definition) is 4. The Bertz CT molecular complexity index is 670. The summed E-state index contributed by atoms with van der Waals surface area (Å²) in [6.07, 6.45) is 0.484. The third-order valence-electron chi connectivity index (χ3n) is 2.97. The van der Waals surface area contributed by atoms with Gasteiger partial charge < -0.3 is 15.2 Å². The van der Waals surface area contributed by atoms with E-state index in [1.807, 2.05) is 6.92 Å². The molecule has 0 bridgehead atoms. The van der Waals surface area contributed by atoms with Crippen LogP contribution in [0.2, 0.25) is 5.02 Å². The number of anilines is 1. The lowest BCUT2D eigenvalue weighted by molar-refractivity contribution is -0.118. The van der Waals surface area contributed by atoms with Crippen molar-refractivity contribution in [3.8, 4) is 5.75 Å². The van der Waals surface area contributed by atoms with Gasteiger partial charge in [0.2, 0.25) is 0 Å². The van der Waals surface area contributed by atoms with Crippen molar-refractivity contribution in [1.82, 2.24) is 9.78 Å². The third kappa shape index (κ3) is 4.47. The molecule has 1 amide bonds. The van der Waals surface area contributed by atoms with Crippen molar-refractivity contribution in [3.05, 3.63) is 40.5 Å². The van der Waals surface area contributed by atoms with Crippen molar-refractivity contribution in [2.45, 2.75) is 13.3 Å². The van der Waals surface area contributed by atoms with Gasteiger partial charge in [-0.15, -0.1) is 0 Å². The zero-order chi connectivity index (χ0) is 16.1. The quantitative estimate of drug-likeness (QED) is 0.851. The van der Waals surface area contributed by atoms with Crippen LogP contribution in [-0.2, 0) is 18.3 Å². The zero-order valence-electron chi connectivity index (χ0n) is 12.5.